The van der Waals surface area contributed by atoms with Crippen LogP contribution in [0.4, 0.5) is 0 Å². The minimum Gasteiger partial charge on any atom is -0.381 e. The first-order valence-corrected chi connectivity index (χ1v) is 6.61. The summed E-state index contributed by atoms with van der Waals surface area (Å²) in [6.45, 7) is 2.52. The van der Waals surface area contributed by atoms with Crippen molar-refractivity contribution in [2.24, 2.45) is 5.92 Å². The summed E-state index contributed by atoms with van der Waals surface area (Å²) in [7, 11) is 0. The van der Waals surface area contributed by atoms with Crippen molar-refractivity contribution in [3.63, 3.8) is 0 Å². The number of fused-ring (bicyclic) bond motifs is 1. The van der Waals surface area contributed by atoms with E-state index in [2.05, 4.69) is 15.0 Å². The number of ether oxygens (including phenoxy) is 1. The van der Waals surface area contributed by atoms with Crippen LogP contribution in [0.1, 0.15) is 12.8 Å². The fraction of sp³-hybridized carbons (Fsp3) is 0.545. The Kier molecular flexibility index (Phi) is 3.37. The fourth-order valence-corrected chi connectivity index (χ4v) is 2.65. The molecule has 1 fully saturated rings. The average molecular weight is 287 g/mol. The Morgan fingerprint density at radius 2 is 2.06 bits per heavy atom. The molecule has 0 unspecified atom stereocenters. The van der Waals surface area contributed by atoms with Crippen molar-refractivity contribution < 1.29 is 4.74 Å². The molecule has 1 saturated heterocycles. The summed E-state index contributed by atoms with van der Waals surface area (Å²) in [5.41, 5.74) is 1.31. The second-order valence-corrected chi connectivity index (χ2v) is 5.10. The molecule has 0 bridgehead atoms. The van der Waals surface area contributed by atoms with E-state index < -0.39 is 0 Å². The van der Waals surface area contributed by atoms with Gasteiger partial charge in [-0.25, -0.2) is 9.97 Å². The van der Waals surface area contributed by atoms with Crippen molar-refractivity contribution in [2.45, 2.75) is 19.4 Å². The predicted octanol–water partition coefficient (Wildman–Crippen LogP) is 2.56. The molecule has 0 atom stereocenters. The topological polar surface area (TPSA) is 52.8 Å². The maximum absolute atomic E-state index is 5.99. The summed E-state index contributed by atoms with van der Waals surface area (Å²) < 4.78 is 7.34. The molecule has 1 aliphatic heterocycles. The van der Waals surface area contributed by atoms with Crippen LogP contribution >= 0.6 is 23.2 Å². The summed E-state index contributed by atoms with van der Waals surface area (Å²) in [4.78, 5) is 12.3. The van der Waals surface area contributed by atoms with Crippen LogP contribution in [0.25, 0.3) is 11.2 Å². The van der Waals surface area contributed by atoms with Gasteiger partial charge in [0.05, 0.1) is 6.33 Å². The van der Waals surface area contributed by atoms with Crippen LogP contribution in [0.5, 0.6) is 0 Å². The number of halogens is 2. The van der Waals surface area contributed by atoms with E-state index in [1.54, 1.807) is 6.33 Å². The van der Waals surface area contributed by atoms with Crippen LogP contribution in [0.3, 0.4) is 0 Å². The smallest absolute Gasteiger partial charge is 0.225 e. The molecule has 0 aromatic carbocycles. The van der Waals surface area contributed by atoms with Gasteiger partial charge in [-0.3, -0.25) is 0 Å². The van der Waals surface area contributed by atoms with Gasteiger partial charge in [0.15, 0.2) is 10.8 Å². The van der Waals surface area contributed by atoms with Crippen molar-refractivity contribution in [3.05, 3.63) is 16.8 Å². The van der Waals surface area contributed by atoms with Crippen molar-refractivity contribution >= 4 is 34.4 Å². The Bertz CT molecular complexity index is 565. The quantitative estimate of drug-likeness (QED) is 0.629. The second kappa shape index (κ2) is 4.99. The number of hydrogen-bond donors (Lipinski definition) is 0. The maximum Gasteiger partial charge on any atom is 0.225 e. The van der Waals surface area contributed by atoms with E-state index in [1.807, 2.05) is 4.57 Å². The van der Waals surface area contributed by atoms with Gasteiger partial charge < -0.3 is 9.30 Å². The lowest BCUT2D eigenvalue weighted by Crippen LogP contribution is -2.20. The summed E-state index contributed by atoms with van der Waals surface area (Å²) in [6.07, 6.45) is 3.87. The Labute approximate surface area is 114 Å². The Balaban J connectivity index is 1.92. The molecule has 3 heterocycles. The van der Waals surface area contributed by atoms with Gasteiger partial charge in [0, 0.05) is 19.8 Å². The van der Waals surface area contributed by atoms with E-state index in [9.17, 15) is 0 Å². The molecule has 0 saturated carbocycles. The highest BCUT2D eigenvalue weighted by molar-refractivity contribution is 6.35. The van der Waals surface area contributed by atoms with Gasteiger partial charge in [0.25, 0.3) is 0 Å². The van der Waals surface area contributed by atoms with Gasteiger partial charge in [-0.1, -0.05) is 11.6 Å². The molecule has 3 rings (SSSR count). The summed E-state index contributed by atoms with van der Waals surface area (Å²) in [5, 5.41) is 0.456. The lowest BCUT2D eigenvalue weighted by Gasteiger charge is -2.22. The first-order valence-electron chi connectivity index (χ1n) is 5.85. The zero-order valence-corrected chi connectivity index (χ0v) is 11.2. The fourth-order valence-electron chi connectivity index (χ4n) is 2.23. The van der Waals surface area contributed by atoms with E-state index in [1.165, 1.54) is 0 Å². The largest absolute Gasteiger partial charge is 0.381 e. The molecule has 0 spiro atoms. The first kappa shape index (κ1) is 12.1. The third-order valence-corrected chi connectivity index (χ3v) is 3.62. The Morgan fingerprint density at radius 3 is 2.83 bits per heavy atom. The number of nitrogens with zero attached hydrogens (tertiary/aromatic N) is 4. The molecule has 18 heavy (non-hydrogen) atoms. The van der Waals surface area contributed by atoms with E-state index >= 15 is 0 Å². The molecule has 2 aromatic heterocycles. The minimum absolute atomic E-state index is 0.154. The van der Waals surface area contributed by atoms with Crippen LogP contribution in [0.2, 0.25) is 10.4 Å². The van der Waals surface area contributed by atoms with Gasteiger partial charge >= 0.3 is 0 Å². The van der Waals surface area contributed by atoms with Crippen LogP contribution in [0.15, 0.2) is 6.33 Å². The second-order valence-electron chi connectivity index (χ2n) is 4.41. The molecule has 0 N–H and O–H groups in total. The van der Waals surface area contributed by atoms with Crippen LogP contribution in [0, 0.1) is 5.92 Å². The molecule has 0 aliphatic carbocycles. The SMILES string of the molecule is Clc1nc(Cl)c2ncn(CC3CCOCC3)c2n1. The normalized spacial score (nSPS) is 17.4. The molecule has 5 nitrogen and oxygen atoms in total. The van der Waals surface area contributed by atoms with Gasteiger partial charge in [-0.05, 0) is 30.4 Å². The predicted molar refractivity (Wildman–Crippen MR) is 68.9 cm³/mol. The Morgan fingerprint density at radius 1 is 1.28 bits per heavy atom. The molecule has 2 aromatic rings. The number of imidazole rings is 1. The first-order chi connectivity index (χ1) is 8.74. The molecular formula is C11H12Cl2N4O. The minimum atomic E-state index is 0.154. The lowest BCUT2D eigenvalue weighted by molar-refractivity contribution is 0.0615. The zero-order chi connectivity index (χ0) is 12.5. The monoisotopic (exact) mass is 286 g/mol. The zero-order valence-electron chi connectivity index (χ0n) is 9.64. The lowest BCUT2D eigenvalue weighted by atomic mass is 10.0. The highest BCUT2D eigenvalue weighted by atomic mass is 35.5. The van der Waals surface area contributed by atoms with E-state index in [0.717, 1.165) is 32.6 Å². The maximum atomic E-state index is 5.99. The summed E-state index contributed by atoms with van der Waals surface area (Å²) >= 11 is 11.8. The van der Waals surface area contributed by atoms with Crippen LogP contribution in [-0.2, 0) is 11.3 Å². The molecule has 7 heteroatoms. The van der Waals surface area contributed by atoms with Gasteiger partial charge in [-0.2, -0.15) is 4.98 Å². The summed E-state index contributed by atoms with van der Waals surface area (Å²) in [6, 6.07) is 0. The van der Waals surface area contributed by atoms with Gasteiger partial charge in [-0.15, -0.1) is 0 Å². The van der Waals surface area contributed by atoms with Gasteiger partial charge in [0.2, 0.25) is 5.28 Å². The molecule has 96 valence electrons. The molecule has 0 radical (unpaired) electrons. The van der Waals surface area contributed by atoms with Crippen LogP contribution in [-0.4, -0.2) is 32.7 Å². The van der Waals surface area contributed by atoms with E-state index in [0.29, 0.717) is 22.2 Å². The molecule has 1 aliphatic rings. The number of aromatic nitrogens is 4. The molecule has 0 amide bonds. The van der Waals surface area contributed by atoms with E-state index in [-0.39, 0.29) is 5.28 Å². The van der Waals surface area contributed by atoms with Gasteiger partial charge in [0.1, 0.15) is 5.52 Å². The standard InChI is InChI=1S/C11H12Cl2N4O/c12-9-8-10(16-11(13)15-9)17(6-14-8)5-7-1-3-18-4-2-7/h6-7H,1-5H2. The van der Waals surface area contributed by atoms with Crippen molar-refractivity contribution in [1.29, 1.82) is 0 Å². The highest BCUT2D eigenvalue weighted by Crippen LogP contribution is 2.23. The average Bonchev–Trinajstić information content (AvgIpc) is 2.74. The van der Waals surface area contributed by atoms with Crippen molar-refractivity contribution in [1.82, 2.24) is 19.5 Å². The third-order valence-electron chi connectivity index (χ3n) is 3.19. The number of hydrogen-bond acceptors (Lipinski definition) is 4. The highest BCUT2D eigenvalue weighted by Gasteiger charge is 2.17. The van der Waals surface area contributed by atoms with Crippen molar-refractivity contribution in [3.8, 4) is 0 Å². The third kappa shape index (κ3) is 2.30. The molecular weight excluding hydrogens is 275 g/mol. The summed E-state index contributed by atoms with van der Waals surface area (Å²) in [5.74, 6) is 0.587. The van der Waals surface area contributed by atoms with Crippen LogP contribution < -0.4 is 0 Å². The Hall–Kier alpha value is -0.910. The van der Waals surface area contributed by atoms with E-state index in [4.69, 9.17) is 27.9 Å². The number of rotatable bonds is 2. The van der Waals surface area contributed by atoms with Crippen molar-refractivity contribution in [2.75, 3.05) is 13.2 Å².